The maximum atomic E-state index is 5.55. The van der Waals surface area contributed by atoms with E-state index in [1.165, 1.54) is 0 Å². The van der Waals surface area contributed by atoms with Crippen LogP contribution in [-0.4, -0.2) is 27.3 Å². The third-order valence-corrected chi connectivity index (χ3v) is 6.07. The molecule has 0 amide bonds. The summed E-state index contributed by atoms with van der Waals surface area (Å²) in [6.07, 6.45) is 2.48. The van der Waals surface area contributed by atoms with Gasteiger partial charge in [-0.05, 0) is 38.1 Å². The first-order chi connectivity index (χ1) is 12.6. The Morgan fingerprint density at radius 2 is 2.04 bits per heavy atom. The number of benzene rings is 1. The lowest BCUT2D eigenvalue weighted by Gasteiger charge is -2.09. The second kappa shape index (κ2) is 7.01. The Labute approximate surface area is 159 Å². The molecule has 0 bridgehead atoms. The molecule has 4 rings (SSSR count). The van der Waals surface area contributed by atoms with Crippen LogP contribution in [0.1, 0.15) is 21.3 Å². The Morgan fingerprint density at radius 3 is 2.73 bits per heavy atom. The quantitative estimate of drug-likeness (QED) is 0.535. The van der Waals surface area contributed by atoms with E-state index >= 15 is 0 Å². The molecule has 0 unspecified atom stereocenters. The van der Waals surface area contributed by atoms with Crippen molar-refractivity contribution in [2.75, 3.05) is 7.11 Å². The van der Waals surface area contributed by atoms with Gasteiger partial charge in [0, 0.05) is 29.1 Å². The average Bonchev–Trinajstić information content (AvgIpc) is 3.36. The molecule has 7 heteroatoms. The minimum Gasteiger partial charge on any atom is -0.496 e. The number of aromatic amines is 1. The number of aromatic nitrogens is 4. The first-order valence-corrected chi connectivity index (χ1v) is 9.89. The van der Waals surface area contributed by atoms with Gasteiger partial charge in [-0.2, -0.15) is 5.10 Å². The third-order valence-electron chi connectivity index (χ3n) is 4.12. The maximum Gasteiger partial charge on any atom is 0.122 e. The summed E-state index contributed by atoms with van der Waals surface area (Å²) in [6, 6.07) is 8.13. The first-order valence-electron chi connectivity index (χ1n) is 8.19. The Balaban J connectivity index is 1.65. The van der Waals surface area contributed by atoms with Gasteiger partial charge in [-0.3, -0.25) is 5.10 Å². The fraction of sp³-hybridized carbons (Fsp3) is 0.211. The summed E-state index contributed by atoms with van der Waals surface area (Å²) in [5.41, 5.74) is 5.24. The van der Waals surface area contributed by atoms with Gasteiger partial charge in [0.25, 0.3) is 0 Å². The molecule has 0 fully saturated rings. The van der Waals surface area contributed by atoms with Crippen LogP contribution in [0, 0.1) is 13.8 Å². The number of thiazole rings is 2. The number of methoxy groups -OCH3 is 1. The van der Waals surface area contributed by atoms with Crippen LogP contribution in [0.2, 0.25) is 0 Å². The van der Waals surface area contributed by atoms with Crippen molar-refractivity contribution in [2.24, 2.45) is 0 Å². The monoisotopic (exact) mass is 382 g/mol. The molecule has 4 aromatic rings. The van der Waals surface area contributed by atoms with Crippen molar-refractivity contribution in [2.45, 2.75) is 20.3 Å². The Bertz CT molecular complexity index is 1030. The van der Waals surface area contributed by atoms with Crippen molar-refractivity contribution in [3.63, 3.8) is 0 Å². The molecule has 0 spiro atoms. The Kier molecular flexibility index (Phi) is 4.57. The van der Waals surface area contributed by atoms with Gasteiger partial charge >= 0.3 is 0 Å². The first kappa shape index (κ1) is 16.9. The van der Waals surface area contributed by atoms with E-state index in [1.807, 2.05) is 32.0 Å². The third kappa shape index (κ3) is 3.27. The molecule has 0 saturated heterocycles. The standard InChI is InChI=1S/C19H18N4OS2/c1-11-19(26-12(2)21-11)16-10-25-18(22-16)9-14-8-13(4-5-17(14)24-3)15-6-7-20-23-15/h4-8,10H,9H2,1-3H3,(H,20,23). The van der Waals surface area contributed by atoms with E-state index in [0.717, 1.165) is 55.3 Å². The maximum absolute atomic E-state index is 5.55. The minimum absolute atomic E-state index is 0.729. The molecule has 3 aromatic heterocycles. The molecule has 1 N–H and O–H groups in total. The number of rotatable bonds is 5. The summed E-state index contributed by atoms with van der Waals surface area (Å²) < 4.78 is 5.55. The second-order valence-corrected chi connectivity index (χ2v) is 8.09. The van der Waals surface area contributed by atoms with Crippen LogP contribution >= 0.6 is 22.7 Å². The second-order valence-electron chi connectivity index (χ2n) is 5.95. The number of ether oxygens (including phenoxy) is 1. The van der Waals surface area contributed by atoms with Crippen LogP contribution in [0.5, 0.6) is 5.75 Å². The predicted octanol–water partition coefficient (Wildman–Crippen LogP) is 4.87. The number of hydrogen-bond acceptors (Lipinski definition) is 6. The smallest absolute Gasteiger partial charge is 0.122 e. The lowest BCUT2D eigenvalue weighted by molar-refractivity contribution is 0.410. The van der Waals surface area contributed by atoms with Gasteiger partial charge in [0.05, 0.1) is 39.1 Å². The van der Waals surface area contributed by atoms with Gasteiger partial charge < -0.3 is 4.74 Å². The molecule has 26 heavy (non-hydrogen) atoms. The molecule has 1 aromatic carbocycles. The van der Waals surface area contributed by atoms with Crippen molar-refractivity contribution < 1.29 is 4.74 Å². The number of hydrogen-bond donors (Lipinski definition) is 1. The van der Waals surface area contributed by atoms with E-state index in [9.17, 15) is 0 Å². The van der Waals surface area contributed by atoms with Crippen molar-refractivity contribution in [3.8, 4) is 27.6 Å². The molecule has 0 saturated carbocycles. The zero-order chi connectivity index (χ0) is 18.1. The Morgan fingerprint density at radius 1 is 1.15 bits per heavy atom. The van der Waals surface area contributed by atoms with Gasteiger partial charge in [0.1, 0.15) is 5.75 Å². The van der Waals surface area contributed by atoms with Gasteiger partial charge in [0.15, 0.2) is 0 Å². The molecular formula is C19H18N4OS2. The van der Waals surface area contributed by atoms with E-state index in [2.05, 4.69) is 26.6 Å². The summed E-state index contributed by atoms with van der Waals surface area (Å²) in [7, 11) is 1.70. The highest BCUT2D eigenvalue weighted by Gasteiger charge is 2.14. The van der Waals surface area contributed by atoms with Crippen LogP contribution in [0.25, 0.3) is 21.8 Å². The van der Waals surface area contributed by atoms with Crippen LogP contribution in [0.15, 0.2) is 35.8 Å². The summed E-state index contributed by atoms with van der Waals surface area (Å²) in [6.45, 7) is 4.06. The molecule has 5 nitrogen and oxygen atoms in total. The molecule has 132 valence electrons. The zero-order valence-corrected chi connectivity index (χ0v) is 16.4. The molecule has 0 aliphatic heterocycles. The number of nitrogens with one attached hydrogen (secondary N) is 1. The summed E-state index contributed by atoms with van der Waals surface area (Å²) in [4.78, 5) is 10.5. The average molecular weight is 383 g/mol. The number of aryl methyl sites for hydroxylation is 2. The lowest BCUT2D eigenvalue weighted by atomic mass is 10.0. The minimum atomic E-state index is 0.729. The highest BCUT2D eigenvalue weighted by molar-refractivity contribution is 7.15. The zero-order valence-electron chi connectivity index (χ0n) is 14.7. The molecule has 0 aliphatic rings. The normalized spacial score (nSPS) is 11.0. The van der Waals surface area contributed by atoms with Crippen molar-refractivity contribution in [1.82, 2.24) is 20.2 Å². The lowest BCUT2D eigenvalue weighted by Crippen LogP contribution is -1.95. The molecular weight excluding hydrogens is 364 g/mol. The van der Waals surface area contributed by atoms with Crippen molar-refractivity contribution in [3.05, 3.63) is 57.1 Å². The summed E-state index contributed by atoms with van der Waals surface area (Å²) in [5.74, 6) is 0.870. The van der Waals surface area contributed by atoms with Crippen LogP contribution in [0.4, 0.5) is 0 Å². The van der Waals surface area contributed by atoms with Crippen LogP contribution in [0.3, 0.4) is 0 Å². The highest BCUT2D eigenvalue weighted by atomic mass is 32.1. The van der Waals surface area contributed by atoms with E-state index < -0.39 is 0 Å². The Hall–Kier alpha value is -2.51. The van der Waals surface area contributed by atoms with Gasteiger partial charge in [-0.25, -0.2) is 9.97 Å². The van der Waals surface area contributed by atoms with Gasteiger partial charge in [0.2, 0.25) is 0 Å². The SMILES string of the molecule is COc1ccc(-c2ccn[nH]2)cc1Cc1nc(-c2sc(C)nc2C)cs1. The van der Waals surface area contributed by atoms with Crippen molar-refractivity contribution >= 4 is 22.7 Å². The number of H-pyrrole nitrogens is 1. The number of nitrogens with zero attached hydrogens (tertiary/aromatic N) is 3. The van der Waals surface area contributed by atoms with E-state index in [-0.39, 0.29) is 0 Å². The van der Waals surface area contributed by atoms with E-state index in [4.69, 9.17) is 9.72 Å². The fourth-order valence-corrected chi connectivity index (χ4v) is 4.69. The van der Waals surface area contributed by atoms with Gasteiger partial charge in [-0.15, -0.1) is 22.7 Å². The molecule has 0 aliphatic carbocycles. The molecule has 0 atom stereocenters. The fourth-order valence-electron chi connectivity index (χ4n) is 2.93. The summed E-state index contributed by atoms with van der Waals surface area (Å²) >= 11 is 3.36. The molecule has 0 radical (unpaired) electrons. The van der Waals surface area contributed by atoms with Crippen molar-refractivity contribution in [1.29, 1.82) is 0 Å². The summed E-state index contributed by atoms with van der Waals surface area (Å²) in [5, 5.41) is 11.3. The van der Waals surface area contributed by atoms with E-state index in [1.54, 1.807) is 36.0 Å². The molecule has 3 heterocycles. The highest BCUT2D eigenvalue weighted by Crippen LogP contribution is 2.33. The topological polar surface area (TPSA) is 63.7 Å². The largest absolute Gasteiger partial charge is 0.496 e. The van der Waals surface area contributed by atoms with Gasteiger partial charge in [-0.1, -0.05) is 0 Å². The predicted molar refractivity (Wildman–Crippen MR) is 106 cm³/mol. The van der Waals surface area contributed by atoms with Crippen LogP contribution in [-0.2, 0) is 6.42 Å². The van der Waals surface area contributed by atoms with E-state index in [0.29, 0.717) is 0 Å². The van der Waals surface area contributed by atoms with Crippen LogP contribution < -0.4 is 4.74 Å².